The summed E-state index contributed by atoms with van der Waals surface area (Å²) < 4.78 is 5.55. The highest BCUT2D eigenvalue weighted by atomic mass is 16.5. The quantitative estimate of drug-likeness (QED) is 0.834. The molecule has 0 spiro atoms. The summed E-state index contributed by atoms with van der Waals surface area (Å²) in [6, 6.07) is 0.404. The maximum Gasteiger partial charge on any atom is 0.323 e. The largest absolute Gasteiger partial charge is 0.463 e. The van der Waals surface area contributed by atoms with Gasteiger partial charge in [0.1, 0.15) is 0 Å². The minimum Gasteiger partial charge on any atom is -0.463 e. The molecule has 0 radical (unpaired) electrons. The summed E-state index contributed by atoms with van der Waals surface area (Å²) in [4.78, 5) is 15.2. The van der Waals surface area contributed by atoms with Crippen LogP contribution in [0.4, 0.5) is 11.9 Å². The zero-order valence-electron chi connectivity index (χ0n) is 13.4. The lowest BCUT2D eigenvalue weighted by Gasteiger charge is -2.27. The minimum atomic E-state index is 0.404. The first-order valence-electron chi connectivity index (χ1n) is 8.00. The van der Waals surface area contributed by atoms with Crippen molar-refractivity contribution in [3.05, 3.63) is 0 Å². The van der Waals surface area contributed by atoms with Gasteiger partial charge >= 0.3 is 6.01 Å². The van der Waals surface area contributed by atoms with Crippen molar-refractivity contribution in [2.45, 2.75) is 45.4 Å². The van der Waals surface area contributed by atoms with E-state index in [0.29, 0.717) is 24.5 Å². The maximum atomic E-state index is 5.55. The SMILES string of the molecule is CCCOc1nc(NC)nc(N(C)CC2CCCCC2)n1. The van der Waals surface area contributed by atoms with Gasteiger partial charge < -0.3 is 15.0 Å². The Bertz CT molecular complexity index is 434. The zero-order chi connectivity index (χ0) is 15.1. The molecule has 6 nitrogen and oxygen atoms in total. The van der Waals surface area contributed by atoms with Crippen LogP contribution in [0.1, 0.15) is 45.4 Å². The van der Waals surface area contributed by atoms with Crippen LogP contribution in [0, 0.1) is 5.92 Å². The first-order chi connectivity index (χ1) is 10.2. The van der Waals surface area contributed by atoms with Crippen molar-refractivity contribution in [1.29, 1.82) is 0 Å². The van der Waals surface area contributed by atoms with Crippen LogP contribution in [-0.4, -0.2) is 42.2 Å². The van der Waals surface area contributed by atoms with Gasteiger partial charge in [-0.25, -0.2) is 0 Å². The van der Waals surface area contributed by atoms with Gasteiger partial charge in [0, 0.05) is 20.6 Å². The second-order valence-corrected chi connectivity index (χ2v) is 5.72. The standard InChI is InChI=1S/C15H27N5O/c1-4-10-21-15-18-13(16-2)17-14(19-15)20(3)11-12-8-6-5-7-9-12/h12H,4-11H2,1-3H3,(H,16,17,18,19). The van der Waals surface area contributed by atoms with Crippen LogP contribution in [-0.2, 0) is 0 Å². The highest BCUT2D eigenvalue weighted by Crippen LogP contribution is 2.25. The lowest BCUT2D eigenvalue weighted by molar-refractivity contribution is 0.291. The summed E-state index contributed by atoms with van der Waals surface area (Å²) in [5.74, 6) is 1.99. The molecule has 0 aromatic carbocycles. The van der Waals surface area contributed by atoms with Gasteiger partial charge in [-0.05, 0) is 25.2 Å². The first kappa shape index (κ1) is 15.8. The number of nitrogens with zero attached hydrogens (tertiary/aromatic N) is 4. The lowest BCUT2D eigenvalue weighted by atomic mass is 9.89. The van der Waals surface area contributed by atoms with Crippen molar-refractivity contribution in [2.75, 3.05) is 37.5 Å². The molecular weight excluding hydrogens is 266 g/mol. The Labute approximate surface area is 127 Å². The van der Waals surface area contributed by atoms with E-state index in [2.05, 4.69) is 32.1 Å². The Morgan fingerprint density at radius 2 is 1.95 bits per heavy atom. The van der Waals surface area contributed by atoms with Crippen LogP contribution in [0.5, 0.6) is 6.01 Å². The zero-order valence-corrected chi connectivity index (χ0v) is 13.4. The van der Waals surface area contributed by atoms with Crippen molar-refractivity contribution >= 4 is 11.9 Å². The van der Waals surface area contributed by atoms with Gasteiger partial charge in [0.2, 0.25) is 11.9 Å². The third kappa shape index (κ3) is 4.72. The molecule has 2 rings (SSSR count). The third-order valence-electron chi connectivity index (χ3n) is 3.86. The van der Waals surface area contributed by atoms with E-state index in [1.807, 2.05) is 14.1 Å². The molecule has 0 aliphatic heterocycles. The monoisotopic (exact) mass is 293 g/mol. The van der Waals surface area contributed by atoms with Crippen LogP contribution >= 0.6 is 0 Å². The molecule has 1 aliphatic carbocycles. The molecule has 1 fully saturated rings. The highest BCUT2D eigenvalue weighted by molar-refractivity contribution is 5.37. The number of hydrogen-bond donors (Lipinski definition) is 1. The summed E-state index contributed by atoms with van der Waals surface area (Å²) in [5.41, 5.74) is 0. The van der Waals surface area contributed by atoms with E-state index in [-0.39, 0.29) is 0 Å². The number of anilines is 2. The van der Waals surface area contributed by atoms with Crippen LogP contribution in [0.2, 0.25) is 0 Å². The maximum absolute atomic E-state index is 5.55. The Hall–Kier alpha value is -1.59. The second kappa shape index (κ2) is 8.00. The fraction of sp³-hybridized carbons (Fsp3) is 0.800. The van der Waals surface area contributed by atoms with Crippen molar-refractivity contribution in [3.8, 4) is 6.01 Å². The molecule has 0 atom stereocenters. The van der Waals surface area contributed by atoms with Gasteiger partial charge in [0.15, 0.2) is 0 Å². The Kier molecular flexibility index (Phi) is 6.02. The first-order valence-corrected chi connectivity index (χ1v) is 8.00. The van der Waals surface area contributed by atoms with Gasteiger partial charge in [-0.3, -0.25) is 0 Å². The summed E-state index contributed by atoms with van der Waals surface area (Å²) in [7, 11) is 3.86. The van der Waals surface area contributed by atoms with Crippen LogP contribution in [0.15, 0.2) is 0 Å². The van der Waals surface area contributed by atoms with E-state index < -0.39 is 0 Å². The molecule has 21 heavy (non-hydrogen) atoms. The molecule has 0 amide bonds. The summed E-state index contributed by atoms with van der Waals surface area (Å²) in [6.45, 7) is 3.69. The number of rotatable bonds is 7. The molecule has 0 saturated heterocycles. The van der Waals surface area contributed by atoms with E-state index >= 15 is 0 Å². The van der Waals surface area contributed by atoms with Crippen molar-refractivity contribution in [2.24, 2.45) is 5.92 Å². The fourth-order valence-electron chi connectivity index (χ4n) is 2.72. The normalized spacial score (nSPS) is 15.8. The number of ether oxygens (including phenoxy) is 1. The van der Waals surface area contributed by atoms with Crippen molar-refractivity contribution in [1.82, 2.24) is 15.0 Å². The van der Waals surface area contributed by atoms with E-state index in [4.69, 9.17) is 4.74 Å². The molecule has 0 unspecified atom stereocenters. The van der Waals surface area contributed by atoms with Crippen LogP contribution < -0.4 is 15.0 Å². The predicted octanol–water partition coefficient (Wildman–Crippen LogP) is 2.72. The Morgan fingerprint density at radius 1 is 1.19 bits per heavy atom. The number of nitrogens with one attached hydrogen (secondary N) is 1. The van der Waals surface area contributed by atoms with E-state index in [0.717, 1.165) is 18.9 Å². The van der Waals surface area contributed by atoms with Crippen LogP contribution in [0.25, 0.3) is 0 Å². The van der Waals surface area contributed by atoms with Gasteiger partial charge in [0.05, 0.1) is 6.61 Å². The van der Waals surface area contributed by atoms with Gasteiger partial charge in [0.25, 0.3) is 0 Å². The van der Waals surface area contributed by atoms with Gasteiger partial charge in [-0.2, -0.15) is 15.0 Å². The fourth-order valence-corrected chi connectivity index (χ4v) is 2.72. The predicted molar refractivity (Wildman–Crippen MR) is 85.0 cm³/mol. The third-order valence-corrected chi connectivity index (χ3v) is 3.86. The number of hydrogen-bond acceptors (Lipinski definition) is 6. The molecular formula is C15H27N5O. The molecule has 1 saturated carbocycles. The molecule has 6 heteroatoms. The van der Waals surface area contributed by atoms with Gasteiger partial charge in [-0.15, -0.1) is 0 Å². The van der Waals surface area contributed by atoms with E-state index in [9.17, 15) is 0 Å². The Morgan fingerprint density at radius 3 is 2.62 bits per heavy atom. The smallest absolute Gasteiger partial charge is 0.323 e. The molecule has 118 valence electrons. The molecule has 1 N–H and O–H groups in total. The molecule has 1 heterocycles. The topological polar surface area (TPSA) is 63.2 Å². The average molecular weight is 293 g/mol. The van der Waals surface area contributed by atoms with Gasteiger partial charge in [-0.1, -0.05) is 26.2 Å². The average Bonchev–Trinajstić information content (AvgIpc) is 2.53. The number of aromatic nitrogens is 3. The molecule has 0 bridgehead atoms. The summed E-state index contributed by atoms with van der Waals surface area (Å²) in [5, 5.41) is 2.97. The molecule has 1 aliphatic rings. The van der Waals surface area contributed by atoms with E-state index in [1.165, 1.54) is 32.1 Å². The second-order valence-electron chi connectivity index (χ2n) is 5.72. The minimum absolute atomic E-state index is 0.404. The molecule has 1 aromatic rings. The van der Waals surface area contributed by atoms with Crippen molar-refractivity contribution in [3.63, 3.8) is 0 Å². The van der Waals surface area contributed by atoms with Crippen LogP contribution in [0.3, 0.4) is 0 Å². The Balaban J connectivity index is 2.05. The summed E-state index contributed by atoms with van der Waals surface area (Å²) in [6.07, 6.45) is 7.64. The summed E-state index contributed by atoms with van der Waals surface area (Å²) >= 11 is 0. The lowest BCUT2D eigenvalue weighted by Crippen LogP contribution is -2.28. The molecule has 1 aromatic heterocycles. The highest BCUT2D eigenvalue weighted by Gasteiger charge is 2.18. The van der Waals surface area contributed by atoms with E-state index in [1.54, 1.807) is 0 Å². The van der Waals surface area contributed by atoms with Crippen molar-refractivity contribution < 1.29 is 4.74 Å².